The lowest BCUT2D eigenvalue weighted by molar-refractivity contribution is 0.101. The molecule has 0 unspecified atom stereocenters. The van der Waals surface area contributed by atoms with Gasteiger partial charge in [0.25, 0.3) is 0 Å². The second-order valence-corrected chi connectivity index (χ2v) is 9.01. The van der Waals surface area contributed by atoms with Crippen LogP contribution >= 0.6 is 11.7 Å². The zero-order valence-corrected chi connectivity index (χ0v) is 20.4. The molecule has 1 aliphatic heterocycles. The fourth-order valence-corrected chi connectivity index (χ4v) is 5.22. The first-order valence-electron chi connectivity index (χ1n) is 11.7. The highest BCUT2D eigenvalue weighted by Crippen LogP contribution is 2.47. The molecular weight excluding hydrogens is 494 g/mol. The van der Waals surface area contributed by atoms with Gasteiger partial charge < -0.3 is 27.9 Å². The quantitative estimate of drug-likeness (QED) is 0.245. The average molecular weight is 514 g/mol. The summed E-state index contributed by atoms with van der Waals surface area (Å²) in [5.74, 6) is 1.58. The maximum atomic E-state index is 12.6. The molecule has 0 fully saturated rings. The van der Waals surface area contributed by atoms with Crippen LogP contribution < -0.4 is 14.2 Å². The first-order chi connectivity index (χ1) is 18.2. The number of para-hydroxylation sites is 1. The summed E-state index contributed by atoms with van der Waals surface area (Å²) in [6, 6.07) is 19.3. The number of ether oxygens (including phenoxy) is 4. The highest BCUT2D eigenvalue weighted by Gasteiger charge is 2.29. The van der Waals surface area contributed by atoms with Crippen molar-refractivity contribution in [2.45, 2.75) is 13.5 Å². The van der Waals surface area contributed by atoms with Crippen LogP contribution in [0.15, 0.2) is 65.1 Å². The van der Waals surface area contributed by atoms with Gasteiger partial charge in [-0.05, 0) is 54.4 Å². The number of hydrogen-bond donors (Lipinski definition) is 0. The third-order valence-corrected chi connectivity index (χ3v) is 6.84. The summed E-state index contributed by atoms with van der Waals surface area (Å²) in [6.07, 6.45) is -0.797. The molecule has 4 heterocycles. The van der Waals surface area contributed by atoms with Gasteiger partial charge in [0, 0.05) is 5.39 Å². The molecular formula is C27H19N3O6S. The molecule has 1 aliphatic rings. The van der Waals surface area contributed by atoms with Crippen LogP contribution in [0.3, 0.4) is 0 Å². The molecule has 9 nitrogen and oxygen atoms in total. The van der Waals surface area contributed by atoms with Gasteiger partial charge in [0.1, 0.15) is 16.6 Å². The number of aromatic nitrogens is 3. The monoisotopic (exact) mass is 513 g/mol. The maximum Gasteiger partial charge on any atom is 0.515 e. The van der Waals surface area contributed by atoms with Crippen molar-refractivity contribution in [3.05, 3.63) is 66.2 Å². The summed E-state index contributed by atoms with van der Waals surface area (Å²) in [6.45, 7) is 2.47. The molecule has 0 saturated carbocycles. The molecule has 0 amide bonds. The Hall–Kier alpha value is -4.57. The first-order valence-corrected chi connectivity index (χ1v) is 12.4. The molecule has 37 heavy (non-hydrogen) atoms. The summed E-state index contributed by atoms with van der Waals surface area (Å²) < 4.78 is 39.1. The van der Waals surface area contributed by atoms with Crippen LogP contribution in [-0.2, 0) is 11.3 Å². The minimum absolute atomic E-state index is 0.153. The molecule has 0 spiro atoms. The van der Waals surface area contributed by atoms with Gasteiger partial charge in [0.05, 0.1) is 36.0 Å². The summed E-state index contributed by atoms with van der Waals surface area (Å²) in [7, 11) is 0. The van der Waals surface area contributed by atoms with E-state index in [0.29, 0.717) is 35.1 Å². The third-order valence-electron chi connectivity index (χ3n) is 6.29. The molecule has 7 rings (SSSR count). The number of hydrogen-bond acceptors (Lipinski definition) is 9. The number of carbonyl (C=O) groups excluding carboxylic acids is 1. The van der Waals surface area contributed by atoms with Crippen LogP contribution in [0.5, 0.6) is 17.4 Å². The number of rotatable bonds is 5. The second kappa shape index (κ2) is 8.52. The van der Waals surface area contributed by atoms with Gasteiger partial charge in [-0.1, -0.05) is 24.3 Å². The van der Waals surface area contributed by atoms with Crippen molar-refractivity contribution in [2.75, 3.05) is 13.4 Å². The predicted molar refractivity (Wildman–Crippen MR) is 137 cm³/mol. The Kier molecular flexibility index (Phi) is 5.00. The normalized spacial score (nSPS) is 12.6. The maximum absolute atomic E-state index is 12.6. The molecule has 0 N–H and O–H groups in total. The van der Waals surface area contributed by atoms with Crippen LogP contribution in [0.1, 0.15) is 12.5 Å². The lowest BCUT2D eigenvalue weighted by Crippen LogP contribution is -2.14. The van der Waals surface area contributed by atoms with E-state index >= 15 is 0 Å². The number of nitrogens with zero attached hydrogens (tertiary/aromatic N) is 3. The molecule has 10 heteroatoms. The first kappa shape index (κ1) is 21.7. The van der Waals surface area contributed by atoms with Gasteiger partial charge in [0.15, 0.2) is 17.1 Å². The smallest absolute Gasteiger partial charge is 0.454 e. The number of furan rings is 1. The largest absolute Gasteiger partial charge is 0.515 e. The van der Waals surface area contributed by atoms with E-state index in [2.05, 4.69) is 8.75 Å². The van der Waals surface area contributed by atoms with Gasteiger partial charge in [-0.25, -0.2) is 4.79 Å². The van der Waals surface area contributed by atoms with Crippen LogP contribution in [-0.4, -0.2) is 32.9 Å². The van der Waals surface area contributed by atoms with Crippen LogP contribution in [0.4, 0.5) is 4.79 Å². The molecule has 0 saturated heterocycles. The van der Waals surface area contributed by atoms with E-state index in [0.717, 1.165) is 38.6 Å². The van der Waals surface area contributed by atoms with E-state index < -0.39 is 6.16 Å². The third kappa shape index (κ3) is 3.56. The zero-order chi connectivity index (χ0) is 24.9. The van der Waals surface area contributed by atoms with Crippen LogP contribution in [0.25, 0.3) is 44.2 Å². The molecule has 3 aromatic heterocycles. The van der Waals surface area contributed by atoms with Crippen molar-refractivity contribution in [2.24, 2.45) is 0 Å². The lowest BCUT2D eigenvalue weighted by Gasteiger charge is -2.13. The van der Waals surface area contributed by atoms with E-state index in [4.69, 9.17) is 23.4 Å². The highest BCUT2D eigenvalue weighted by atomic mass is 32.1. The predicted octanol–water partition coefficient (Wildman–Crippen LogP) is 6.37. The highest BCUT2D eigenvalue weighted by molar-refractivity contribution is 7.00. The van der Waals surface area contributed by atoms with Gasteiger partial charge in [-0.15, -0.1) is 0 Å². The fourth-order valence-electron chi connectivity index (χ4n) is 4.70. The summed E-state index contributed by atoms with van der Waals surface area (Å²) in [4.78, 5) is 12.6. The SMILES string of the molecule is CCOC(=O)Oc1c(-c2ccc3c(c2)OCO3)c2oc3ccccc3c2n1Cc1ccc2nsnc2c1. The van der Waals surface area contributed by atoms with Crippen molar-refractivity contribution in [3.8, 4) is 28.5 Å². The summed E-state index contributed by atoms with van der Waals surface area (Å²) in [5.41, 5.74) is 6.11. The molecule has 0 atom stereocenters. The van der Waals surface area contributed by atoms with Crippen molar-refractivity contribution in [1.82, 2.24) is 13.3 Å². The fraction of sp³-hybridized carbons (Fsp3) is 0.148. The van der Waals surface area contributed by atoms with E-state index in [9.17, 15) is 4.79 Å². The Morgan fingerprint density at radius 3 is 2.81 bits per heavy atom. The van der Waals surface area contributed by atoms with Crippen molar-refractivity contribution in [1.29, 1.82) is 0 Å². The van der Waals surface area contributed by atoms with Gasteiger partial charge in [-0.3, -0.25) is 0 Å². The molecule has 6 aromatic rings. The Morgan fingerprint density at radius 1 is 1.03 bits per heavy atom. The van der Waals surface area contributed by atoms with Gasteiger partial charge >= 0.3 is 6.16 Å². The number of fused-ring (bicyclic) bond motifs is 5. The van der Waals surface area contributed by atoms with Crippen molar-refractivity contribution < 1.29 is 28.2 Å². The molecule has 3 aromatic carbocycles. The summed E-state index contributed by atoms with van der Waals surface area (Å²) >= 11 is 1.17. The minimum Gasteiger partial charge on any atom is -0.454 e. The number of benzene rings is 3. The second-order valence-electron chi connectivity index (χ2n) is 8.48. The Balaban J connectivity index is 1.50. The van der Waals surface area contributed by atoms with E-state index in [1.54, 1.807) is 6.92 Å². The zero-order valence-electron chi connectivity index (χ0n) is 19.6. The molecule has 0 bridgehead atoms. The topological polar surface area (TPSA) is 97.8 Å². The number of carbonyl (C=O) groups is 1. The standard InChI is InChI=1S/C27H19N3O6S/c1-2-32-27(31)36-26-23(16-8-10-21-22(12-16)34-14-33-21)25-24(17-5-3-4-6-20(17)35-25)30(26)13-15-7-9-18-19(11-15)29-37-28-18/h3-12H,2,13-14H2,1H3. The minimum atomic E-state index is -0.797. The van der Waals surface area contributed by atoms with Crippen molar-refractivity contribution in [3.63, 3.8) is 0 Å². The van der Waals surface area contributed by atoms with Gasteiger partial charge in [-0.2, -0.15) is 8.75 Å². The van der Waals surface area contributed by atoms with E-state index in [-0.39, 0.29) is 13.4 Å². The Labute approximate surface area is 214 Å². The van der Waals surface area contributed by atoms with E-state index in [1.165, 1.54) is 11.7 Å². The van der Waals surface area contributed by atoms with Crippen LogP contribution in [0.2, 0.25) is 0 Å². The lowest BCUT2D eigenvalue weighted by atomic mass is 10.1. The Bertz CT molecular complexity index is 1820. The Morgan fingerprint density at radius 2 is 1.89 bits per heavy atom. The van der Waals surface area contributed by atoms with Gasteiger partial charge in [0.2, 0.25) is 12.7 Å². The average Bonchev–Trinajstić information content (AvgIpc) is 3.68. The molecule has 0 radical (unpaired) electrons. The molecule has 0 aliphatic carbocycles. The van der Waals surface area contributed by atoms with Crippen LogP contribution in [0, 0.1) is 0 Å². The summed E-state index contributed by atoms with van der Waals surface area (Å²) in [5, 5.41) is 0.898. The van der Waals surface area contributed by atoms with Crippen molar-refractivity contribution >= 4 is 51.0 Å². The van der Waals surface area contributed by atoms with E-state index in [1.807, 2.05) is 65.2 Å². The molecule has 184 valence electrons.